The highest BCUT2D eigenvalue weighted by atomic mass is 32.2. The number of nitrogens with zero attached hydrogens (tertiary/aromatic N) is 2. The van der Waals surface area contributed by atoms with Gasteiger partial charge >= 0.3 is 0 Å². The molecule has 8 heteroatoms. The van der Waals surface area contributed by atoms with Gasteiger partial charge in [0.15, 0.2) is 0 Å². The molecule has 152 valence electrons. The number of aromatic nitrogens is 2. The highest BCUT2D eigenvalue weighted by Gasteiger charge is 2.16. The van der Waals surface area contributed by atoms with Gasteiger partial charge in [-0.2, -0.15) is 0 Å². The van der Waals surface area contributed by atoms with Crippen LogP contribution in [0.5, 0.6) is 11.5 Å². The Hall–Kier alpha value is -3.00. The maximum atomic E-state index is 12.4. The van der Waals surface area contributed by atoms with Crippen LogP contribution in [0.4, 0.5) is 5.69 Å². The number of amides is 1. The van der Waals surface area contributed by atoms with Crippen LogP contribution >= 0.6 is 11.8 Å². The summed E-state index contributed by atoms with van der Waals surface area (Å²) in [5.41, 5.74) is 2.57. The minimum Gasteiger partial charge on any atom is -0.497 e. The van der Waals surface area contributed by atoms with Gasteiger partial charge in [-0.05, 0) is 29.7 Å². The molecular formula is C21H23N3O4S. The van der Waals surface area contributed by atoms with Crippen LogP contribution in [-0.2, 0) is 4.79 Å². The van der Waals surface area contributed by atoms with E-state index in [9.17, 15) is 4.79 Å². The number of anilines is 1. The Bertz CT molecular complexity index is 988. The molecule has 29 heavy (non-hydrogen) atoms. The standard InChI is InChI=1S/C21H23N3O4S/c1-13(2)15-7-5-6-8-17(15)22-19(25)12-29-21-24-23-20(28-21)16-10-9-14(26-3)11-18(16)27-4/h5-11,13H,12H2,1-4H3,(H,22,25). The Morgan fingerprint density at radius 1 is 1.14 bits per heavy atom. The summed E-state index contributed by atoms with van der Waals surface area (Å²) in [6, 6.07) is 13.1. The van der Waals surface area contributed by atoms with Crippen LogP contribution in [0.25, 0.3) is 11.5 Å². The van der Waals surface area contributed by atoms with Crippen molar-refractivity contribution < 1.29 is 18.7 Å². The van der Waals surface area contributed by atoms with E-state index in [-0.39, 0.29) is 11.7 Å². The van der Waals surface area contributed by atoms with Gasteiger partial charge in [0.05, 0.1) is 25.5 Å². The van der Waals surface area contributed by atoms with Gasteiger partial charge in [-0.15, -0.1) is 10.2 Å². The Kier molecular flexibility index (Phi) is 6.77. The first kappa shape index (κ1) is 20.7. The van der Waals surface area contributed by atoms with Crippen LogP contribution in [-0.4, -0.2) is 36.1 Å². The molecule has 7 nitrogen and oxygen atoms in total. The summed E-state index contributed by atoms with van der Waals surface area (Å²) in [6.45, 7) is 4.18. The predicted octanol–water partition coefficient (Wildman–Crippen LogP) is 4.61. The Labute approximate surface area is 173 Å². The summed E-state index contributed by atoms with van der Waals surface area (Å²) >= 11 is 1.18. The highest BCUT2D eigenvalue weighted by Crippen LogP contribution is 2.33. The summed E-state index contributed by atoms with van der Waals surface area (Å²) in [6.07, 6.45) is 0. The molecule has 0 unspecified atom stereocenters. The molecule has 0 saturated heterocycles. The highest BCUT2D eigenvalue weighted by molar-refractivity contribution is 7.99. The van der Waals surface area contributed by atoms with E-state index >= 15 is 0 Å². The molecule has 1 aromatic heterocycles. The van der Waals surface area contributed by atoms with Crippen molar-refractivity contribution in [1.29, 1.82) is 0 Å². The third-order valence-electron chi connectivity index (χ3n) is 4.23. The molecule has 0 bridgehead atoms. The lowest BCUT2D eigenvalue weighted by Gasteiger charge is -2.13. The van der Waals surface area contributed by atoms with Crippen LogP contribution < -0.4 is 14.8 Å². The zero-order valence-corrected chi connectivity index (χ0v) is 17.6. The fourth-order valence-corrected chi connectivity index (χ4v) is 3.34. The van der Waals surface area contributed by atoms with E-state index in [1.165, 1.54) is 11.8 Å². The first-order valence-corrected chi connectivity index (χ1v) is 10.1. The number of ether oxygens (including phenoxy) is 2. The summed E-state index contributed by atoms with van der Waals surface area (Å²) in [5, 5.41) is 11.3. The molecule has 0 saturated carbocycles. The van der Waals surface area contributed by atoms with Crippen LogP contribution in [0.15, 0.2) is 52.1 Å². The number of hydrogen-bond donors (Lipinski definition) is 1. The summed E-state index contributed by atoms with van der Waals surface area (Å²) in [5.74, 6) is 1.89. The van der Waals surface area contributed by atoms with E-state index in [2.05, 4.69) is 29.4 Å². The number of carbonyl (C=O) groups is 1. The molecule has 0 radical (unpaired) electrons. The van der Waals surface area contributed by atoms with Crippen LogP contribution in [0.3, 0.4) is 0 Å². The average molecular weight is 413 g/mol. The lowest BCUT2D eigenvalue weighted by molar-refractivity contribution is -0.113. The van der Waals surface area contributed by atoms with E-state index in [0.717, 1.165) is 11.3 Å². The second kappa shape index (κ2) is 9.47. The van der Waals surface area contributed by atoms with Crippen LogP contribution in [0.2, 0.25) is 0 Å². The number of benzene rings is 2. The van der Waals surface area contributed by atoms with Gasteiger partial charge in [0.25, 0.3) is 11.1 Å². The molecule has 3 rings (SSSR count). The van der Waals surface area contributed by atoms with Gasteiger partial charge in [-0.1, -0.05) is 43.8 Å². The van der Waals surface area contributed by atoms with Crippen molar-refractivity contribution in [3.63, 3.8) is 0 Å². The van der Waals surface area contributed by atoms with Crippen molar-refractivity contribution in [2.75, 3.05) is 25.3 Å². The zero-order chi connectivity index (χ0) is 20.8. The van der Waals surface area contributed by atoms with E-state index in [1.54, 1.807) is 32.4 Å². The fourth-order valence-electron chi connectivity index (χ4n) is 2.78. The summed E-state index contributed by atoms with van der Waals surface area (Å²) in [7, 11) is 3.14. The summed E-state index contributed by atoms with van der Waals surface area (Å²) < 4.78 is 16.3. The normalized spacial score (nSPS) is 10.8. The minimum atomic E-state index is -0.134. The second-order valence-corrected chi connectivity index (χ2v) is 7.44. The monoisotopic (exact) mass is 413 g/mol. The lowest BCUT2D eigenvalue weighted by atomic mass is 10.0. The topological polar surface area (TPSA) is 86.5 Å². The van der Waals surface area contributed by atoms with Crippen molar-refractivity contribution in [2.24, 2.45) is 0 Å². The molecule has 1 heterocycles. The molecular weight excluding hydrogens is 390 g/mol. The fraction of sp³-hybridized carbons (Fsp3) is 0.286. The van der Waals surface area contributed by atoms with E-state index in [0.29, 0.717) is 34.1 Å². The number of carbonyl (C=O) groups excluding carboxylic acids is 1. The number of thioether (sulfide) groups is 1. The maximum Gasteiger partial charge on any atom is 0.277 e. The van der Waals surface area contributed by atoms with Crippen molar-refractivity contribution in [1.82, 2.24) is 10.2 Å². The predicted molar refractivity (Wildman–Crippen MR) is 113 cm³/mol. The molecule has 1 N–H and O–H groups in total. The largest absolute Gasteiger partial charge is 0.497 e. The molecule has 3 aromatic rings. The van der Waals surface area contributed by atoms with Gasteiger partial charge in [-0.25, -0.2) is 0 Å². The number of nitrogens with one attached hydrogen (secondary N) is 1. The van der Waals surface area contributed by atoms with Crippen LogP contribution in [0.1, 0.15) is 25.3 Å². The number of methoxy groups -OCH3 is 2. The van der Waals surface area contributed by atoms with Gasteiger partial charge in [0, 0.05) is 11.8 Å². The number of para-hydroxylation sites is 1. The summed E-state index contributed by atoms with van der Waals surface area (Å²) in [4.78, 5) is 12.4. The smallest absolute Gasteiger partial charge is 0.277 e. The van der Waals surface area contributed by atoms with Crippen molar-refractivity contribution >= 4 is 23.4 Å². The molecule has 2 aromatic carbocycles. The third-order valence-corrected chi connectivity index (χ3v) is 5.05. The van der Waals surface area contributed by atoms with E-state index in [4.69, 9.17) is 13.9 Å². The van der Waals surface area contributed by atoms with Crippen molar-refractivity contribution in [2.45, 2.75) is 25.0 Å². The Balaban J connectivity index is 1.65. The van der Waals surface area contributed by atoms with Gasteiger partial charge in [-0.3, -0.25) is 4.79 Å². The minimum absolute atomic E-state index is 0.134. The third kappa shape index (κ3) is 5.08. The average Bonchev–Trinajstić information content (AvgIpc) is 3.20. The Morgan fingerprint density at radius 2 is 1.93 bits per heavy atom. The van der Waals surface area contributed by atoms with Gasteiger partial charge in [0.2, 0.25) is 5.91 Å². The first-order chi connectivity index (χ1) is 14.0. The zero-order valence-electron chi connectivity index (χ0n) is 16.8. The first-order valence-electron chi connectivity index (χ1n) is 9.09. The van der Waals surface area contributed by atoms with E-state index < -0.39 is 0 Å². The Morgan fingerprint density at radius 3 is 2.66 bits per heavy atom. The SMILES string of the molecule is COc1ccc(-c2nnc(SCC(=O)Nc3ccccc3C(C)C)o2)c(OC)c1. The van der Waals surface area contributed by atoms with Crippen molar-refractivity contribution in [3.8, 4) is 23.0 Å². The quantitative estimate of drug-likeness (QED) is 0.540. The van der Waals surface area contributed by atoms with Gasteiger partial charge in [0.1, 0.15) is 11.5 Å². The van der Waals surface area contributed by atoms with Crippen LogP contribution in [0, 0.1) is 0 Å². The van der Waals surface area contributed by atoms with Crippen molar-refractivity contribution in [3.05, 3.63) is 48.0 Å². The molecule has 0 aliphatic heterocycles. The second-order valence-electron chi connectivity index (χ2n) is 6.52. The number of rotatable bonds is 8. The maximum absolute atomic E-state index is 12.4. The molecule has 0 aliphatic carbocycles. The van der Waals surface area contributed by atoms with E-state index in [1.807, 2.05) is 24.3 Å². The molecule has 0 atom stereocenters. The molecule has 0 aliphatic rings. The lowest BCUT2D eigenvalue weighted by Crippen LogP contribution is -2.15. The number of hydrogen-bond acceptors (Lipinski definition) is 7. The molecule has 0 spiro atoms. The van der Waals surface area contributed by atoms with Gasteiger partial charge < -0.3 is 19.2 Å². The molecule has 0 fully saturated rings. The molecule has 1 amide bonds.